The Hall–Kier alpha value is -1.12. The molecule has 0 amide bonds. The van der Waals surface area contributed by atoms with E-state index in [9.17, 15) is 0 Å². The van der Waals surface area contributed by atoms with Gasteiger partial charge in [0.25, 0.3) is 0 Å². The lowest BCUT2D eigenvalue weighted by Gasteiger charge is -2.14. The van der Waals surface area contributed by atoms with E-state index in [0.29, 0.717) is 5.92 Å². The van der Waals surface area contributed by atoms with Crippen LogP contribution in [0.4, 0.5) is 5.82 Å². The van der Waals surface area contributed by atoms with Crippen molar-refractivity contribution < 1.29 is 0 Å². The molecule has 3 nitrogen and oxygen atoms in total. The van der Waals surface area contributed by atoms with E-state index in [4.69, 9.17) is 0 Å². The van der Waals surface area contributed by atoms with Gasteiger partial charge in [0, 0.05) is 17.8 Å². The number of aromatic nitrogens is 2. The summed E-state index contributed by atoms with van der Waals surface area (Å²) in [7, 11) is 0. The molecule has 0 aliphatic heterocycles. The summed E-state index contributed by atoms with van der Waals surface area (Å²) in [6.45, 7) is 9.49. The summed E-state index contributed by atoms with van der Waals surface area (Å²) < 4.78 is 0. The van der Waals surface area contributed by atoms with E-state index in [1.807, 2.05) is 6.92 Å². The Balaban J connectivity index is 2.96. The molecular formula is C11H19N3. The highest BCUT2D eigenvalue weighted by Crippen LogP contribution is 2.23. The Morgan fingerprint density at radius 3 is 2.64 bits per heavy atom. The van der Waals surface area contributed by atoms with Gasteiger partial charge in [0.05, 0.1) is 0 Å². The second-order valence-electron chi connectivity index (χ2n) is 3.80. The standard InChI is InChI=1S/C11H19N3/c1-5-6-12-11-10(8(2)3)9(4)13-7-14-11/h7-8H,5-6H2,1-4H3,(H,12,13,14). The van der Waals surface area contributed by atoms with Gasteiger partial charge in [0.15, 0.2) is 0 Å². The molecule has 1 heterocycles. The van der Waals surface area contributed by atoms with Gasteiger partial charge in [-0.1, -0.05) is 20.8 Å². The molecule has 0 bridgehead atoms. The number of hydrogen-bond acceptors (Lipinski definition) is 3. The van der Waals surface area contributed by atoms with Crippen molar-refractivity contribution in [2.24, 2.45) is 0 Å². The van der Waals surface area contributed by atoms with Crippen molar-refractivity contribution in [3.63, 3.8) is 0 Å². The largest absolute Gasteiger partial charge is 0.370 e. The molecule has 0 aromatic carbocycles. The van der Waals surface area contributed by atoms with Crippen molar-refractivity contribution >= 4 is 5.82 Å². The second-order valence-corrected chi connectivity index (χ2v) is 3.80. The molecule has 0 spiro atoms. The van der Waals surface area contributed by atoms with Gasteiger partial charge in [-0.15, -0.1) is 0 Å². The van der Waals surface area contributed by atoms with Crippen LogP contribution in [0.2, 0.25) is 0 Å². The first kappa shape index (κ1) is 11.0. The first-order valence-electron chi connectivity index (χ1n) is 5.22. The fourth-order valence-electron chi connectivity index (χ4n) is 1.56. The Morgan fingerprint density at radius 2 is 2.07 bits per heavy atom. The van der Waals surface area contributed by atoms with Gasteiger partial charge in [-0.25, -0.2) is 9.97 Å². The van der Waals surface area contributed by atoms with Crippen LogP contribution in [0.1, 0.15) is 44.4 Å². The van der Waals surface area contributed by atoms with Gasteiger partial charge in [-0.05, 0) is 19.3 Å². The van der Waals surface area contributed by atoms with E-state index >= 15 is 0 Å². The highest BCUT2D eigenvalue weighted by Gasteiger charge is 2.10. The lowest BCUT2D eigenvalue weighted by molar-refractivity contribution is 0.824. The number of rotatable bonds is 4. The molecule has 1 N–H and O–H groups in total. The zero-order valence-corrected chi connectivity index (χ0v) is 9.46. The fourth-order valence-corrected chi connectivity index (χ4v) is 1.56. The molecule has 0 fully saturated rings. The van der Waals surface area contributed by atoms with Gasteiger partial charge in [-0.3, -0.25) is 0 Å². The van der Waals surface area contributed by atoms with E-state index in [0.717, 1.165) is 24.5 Å². The van der Waals surface area contributed by atoms with Crippen LogP contribution in [0.3, 0.4) is 0 Å². The Labute approximate surface area is 86.0 Å². The minimum atomic E-state index is 0.468. The minimum absolute atomic E-state index is 0.468. The van der Waals surface area contributed by atoms with Crippen molar-refractivity contribution in [3.8, 4) is 0 Å². The van der Waals surface area contributed by atoms with Crippen molar-refractivity contribution in [2.75, 3.05) is 11.9 Å². The van der Waals surface area contributed by atoms with E-state index in [-0.39, 0.29) is 0 Å². The van der Waals surface area contributed by atoms with Crippen LogP contribution >= 0.6 is 0 Å². The minimum Gasteiger partial charge on any atom is -0.370 e. The van der Waals surface area contributed by atoms with Crippen LogP contribution in [0.5, 0.6) is 0 Å². The molecule has 78 valence electrons. The SMILES string of the molecule is CCCNc1ncnc(C)c1C(C)C. The number of anilines is 1. The molecule has 3 heteroatoms. The summed E-state index contributed by atoms with van der Waals surface area (Å²) in [5, 5.41) is 3.33. The number of aryl methyl sites for hydroxylation is 1. The molecule has 0 unspecified atom stereocenters. The highest BCUT2D eigenvalue weighted by atomic mass is 15.0. The van der Waals surface area contributed by atoms with Gasteiger partial charge in [0.2, 0.25) is 0 Å². The summed E-state index contributed by atoms with van der Waals surface area (Å²) in [6, 6.07) is 0. The summed E-state index contributed by atoms with van der Waals surface area (Å²) in [5.74, 6) is 1.46. The summed E-state index contributed by atoms with van der Waals surface area (Å²) in [5.41, 5.74) is 2.31. The lowest BCUT2D eigenvalue weighted by atomic mass is 10.0. The lowest BCUT2D eigenvalue weighted by Crippen LogP contribution is -2.08. The van der Waals surface area contributed by atoms with Crippen molar-refractivity contribution in [2.45, 2.75) is 40.0 Å². The third-order valence-corrected chi connectivity index (χ3v) is 2.20. The van der Waals surface area contributed by atoms with Crippen molar-refractivity contribution in [3.05, 3.63) is 17.6 Å². The molecular weight excluding hydrogens is 174 g/mol. The molecule has 0 aliphatic carbocycles. The third-order valence-electron chi connectivity index (χ3n) is 2.20. The zero-order valence-electron chi connectivity index (χ0n) is 9.46. The molecule has 0 atom stereocenters. The zero-order chi connectivity index (χ0) is 10.6. The Morgan fingerprint density at radius 1 is 1.36 bits per heavy atom. The van der Waals surface area contributed by atoms with E-state index < -0.39 is 0 Å². The maximum absolute atomic E-state index is 4.28. The van der Waals surface area contributed by atoms with Gasteiger partial charge < -0.3 is 5.32 Å². The average molecular weight is 193 g/mol. The van der Waals surface area contributed by atoms with Crippen LogP contribution in [0.15, 0.2) is 6.33 Å². The Bertz CT molecular complexity index is 295. The molecule has 0 aliphatic rings. The van der Waals surface area contributed by atoms with Crippen molar-refractivity contribution in [1.29, 1.82) is 0 Å². The van der Waals surface area contributed by atoms with E-state index in [2.05, 4.69) is 36.1 Å². The Kier molecular flexibility index (Phi) is 3.86. The summed E-state index contributed by atoms with van der Waals surface area (Å²) in [6.07, 6.45) is 2.74. The number of nitrogens with one attached hydrogen (secondary N) is 1. The topological polar surface area (TPSA) is 37.8 Å². The summed E-state index contributed by atoms with van der Waals surface area (Å²) in [4.78, 5) is 8.49. The van der Waals surface area contributed by atoms with Crippen LogP contribution in [-0.4, -0.2) is 16.5 Å². The summed E-state index contributed by atoms with van der Waals surface area (Å²) >= 11 is 0. The van der Waals surface area contributed by atoms with E-state index in [1.165, 1.54) is 5.56 Å². The quantitative estimate of drug-likeness (QED) is 0.799. The fraction of sp³-hybridized carbons (Fsp3) is 0.636. The van der Waals surface area contributed by atoms with Crippen LogP contribution in [0.25, 0.3) is 0 Å². The smallest absolute Gasteiger partial charge is 0.133 e. The van der Waals surface area contributed by atoms with Gasteiger partial charge >= 0.3 is 0 Å². The van der Waals surface area contributed by atoms with Crippen LogP contribution in [-0.2, 0) is 0 Å². The highest BCUT2D eigenvalue weighted by molar-refractivity contribution is 5.47. The maximum Gasteiger partial charge on any atom is 0.133 e. The van der Waals surface area contributed by atoms with Crippen LogP contribution < -0.4 is 5.32 Å². The van der Waals surface area contributed by atoms with E-state index in [1.54, 1.807) is 6.33 Å². The second kappa shape index (κ2) is 4.94. The number of hydrogen-bond donors (Lipinski definition) is 1. The normalized spacial score (nSPS) is 10.6. The molecule has 0 saturated heterocycles. The third kappa shape index (κ3) is 2.44. The maximum atomic E-state index is 4.28. The van der Waals surface area contributed by atoms with Gasteiger partial charge in [0.1, 0.15) is 12.1 Å². The molecule has 14 heavy (non-hydrogen) atoms. The first-order valence-corrected chi connectivity index (χ1v) is 5.22. The average Bonchev–Trinajstić information content (AvgIpc) is 2.14. The number of nitrogens with zero attached hydrogens (tertiary/aromatic N) is 2. The van der Waals surface area contributed by atoms with Gasteiger partial charge in [-0.2, -0.15) is 0 Å². The monoisotopic (exact) mass is 193 g/mol. The van der Waals surface area contributed by atoms with Crippen LogP contribution in [0, 0.1) is 6.92 Å². The first-order chi connectivity index (χ1) is 6.66. The molecule has 1 rings (SSSR count). The molecule has 0 saturated carbocycles. The molecule has 1 aromatic rings. The molecule has 0 radical (unpaired) electrons. The van der Waals surface area contributed by atoms with Crippen molar-refractivity contribution in [1.82, 2.24) is 9.97 Å². The predicted octanol–water partition coefficient (Wildman–Crippen LogP) is 2.73. The predicted molar refractivity (Wildman–Crippen MR) is 59.6 cm³/mol. The molecule has 1 aromatic heterocycles.